The molecule has 0 spiro atoms. The number of nitrogens with zero attached hydrogens (tertiary/aromatic N) is 1. The van der Waals surface area contributed by atoms with Gasteiger partial charge in [0.1, 0.15) is 0 Å². The van der Waals surface area contributed by atoms with Crippen molar-refractivity contribution in [2.75, 3.05) is 5.32 Å². The maximum atomic E-state index is 6.65. The molecular formula is C37H31N3. The lowest BCUT2D eigenvalue weighted by Crippen LogP contribution is -2.06. The summed E-state index contributed by atoms with van der Waals surface area (Å²) in [5, 5.41) is 8.40. The Morgan fingerprint density at radius 1 is 0.625 bits per heavy atom. The van der Waals surface area contributed by atoms with Gasteiger partial charge >= 0.3 is 0 Å². The normalized spacial score (nSPS) is 12.1. The highest BCUT2D eigenvalue weighted by Gasteiger charge is 2.11. The first kappa shape index (κ1) is 25.1. The first-order chi connectivity index (χ1) is 19.8. The van der Waals surface area contributed by atoms with E-state index in [0.29, 0.717) is 12.2 Å². The Morgan fingerprint density at radius 2 is 1.25 bits per heavy atom. The molecule has 0 saturated carbocycles. The summed E-state index contributed by atoms with van der Waals surface area (Å²) in [6.07, 6.45) is 2.01. The van der Waals surface area contributed by atoms with E-state index < -0.39 is 0 Å². The molecule has 0 heterocycles. The monoisotopic (exact) mass is 517 g/mol. The highest BCUT2D eigenvalue weighted by molar-refractivity contribution is 6.18. The maximum Gasteiger partial charge on any atom is 0.0677 e. The summed E-state index contributed by atoms with van der Waals surface area (Å²) in [6.45, 7) is 1.25. The van der Waals surface area contributed by atoms with Gasteiger partial charge in [0.2, 0.25) is 0 Å². The molecule has 6 rings (SSSR count). The second-order valence-electron chi connectivity index (χ2n) is 9.85. The Bertz CT molecular complexity index is 1810. The van der Waals surface area contributed by atoms with Crippen LogP contribution in [0.3, 0.4) is 0 Å². The number of aliphatic imine (C=N–C) groups is 1. The predicted molar refractivity (Wildman–Crippen MR) is 171 cm³/mol. The summed E-state index contributed by atoms with van der Waals surface area (Å²) in [5.41, 5.74) is 13.7. The number of allylic oxidation sites excluding steroid dienone is 1. The molecule has 3 nitrogen and oxygen atoms in total. The number of hydrogen-bond acceptors (Lipinski definition) is 3. The Hall–Kier alpha value is -5.15. The molecule has 0 radical (unpaired) electrons. The number of nitrogens with two attached hydrogens (primary N) is 1. The molecule has 0 aliphatic heterocycles. The molecule has 0 amide bonds. The zero-order valence-electron chi connectivity index (χ0n) is 22.3. The molecular weight excluding hydrogens is 486 g/mol. The average molecular weight is 518 g/mol. The molecule has 0 aromatic heterocycles. The van der Waals surface area contributed by atoms with E-state index in [0.717, 1.165) is 34.5 Å². The molecule has 0 bridgehead atoms. The quantitative estimate of drug-likeness (QED) is 0.199. The van der Waals surface area contributed by atoms with Crippen LogP contribution in [0, 0.1) is 0 Å². The average Bonchev–Trinajstić information content (AvgIpc) is 3.02. The largest absolute Gasteiger partial charge is 0.398 e. The number of fused-ring (bicyclic) bond motifs is 2. The SMILES string of the molecule is N/C(=C\C(=NCc1c(NCc2ccccc2)ccc2ccccc12)c1cccc2ccccc12)c1ccccc1. The third-order valence-corrected chi connectivity index (χ3v) is 7.24. The van der Waals surface area contributed by atoms with Crippen molar-refractivity contribution in [2.24, 2.45) is 10.7 Å². The lowest BCUT2D eigenvalue weighted by Gasteiger charge is -2.15. The standard InChI is InChI=1S/C37H31N3/c38-35(30-16-5-2-6-17-30)24-37(33-21-11-18-28-14-7-9-19-31(28)33)40-26-34-32-20-10-8-15-29(32)22-23-36(34)39-25-27-12-3-1-4-13-27/h1-24,39H,25-26,38H2/b35-24-,40-37?. The van der Waals surface area contributed by atoms with Gasteiger partial charge < -0.3 is 11.1 Å². The van der Waals surface area contributed by atoms with E-state index in [1.165, 1.54) is 27.3 Å². The predicted octanol–water partition coefficient (Wildman–Crippen LogP) is 8.59. The number of rotatable bonds is 8. The summed E-state index contributed by atoms with van der Waals surface area (Å²) >= 11 is 0. The van der Waals surface area contributed by atoms with Crippen LogP contribution in [0.15, 0.2) is 151 Å². The first-order valence-electron chi connectivity index (χ1n) is 13.6. The summed E-state index contributed by atoms with van der Waals surface area (Å²) in [6, 6.07) is 48.2. The van der Waals surface area contributed by atoms with Crippen LogP contribution in [-0.2, 0) is 13.1 Å². The molecule has 0 saturated heterocycles. The first-order valence-corrected chi connectivity index (χ1v) is 13.6. The Kier molecular flexibility index (Phi) is 7.36. The number of nitrogens with one attached hydrogen (secondary N) is 1. The molecule has 6 aromatic rings. The molecule has 194 valence electrons. The summed E-state index contributed by atoms with van der Waals surface area (Å²) < 4.78 is 0. The molecule has 6 aromatic carbocycles. The van der Waals surface area contributed by atoms with Crippen LogP contribution >= 0.6 is 0 Å². The van der Waals surface area contributed by atoms with E-state index in [2.05, 4.69) is 108 Å². The van der Waals surface area contributed by atoms with Gasteiger partial charge in [-0.15, -0.1) is 0 Å². The zero-order valence-corrected chi connectivity index (χ0v) is 22.3. The molecule has 3 N–H and O–H groups in total. The lowest BCUT2D eigenvalue weighted by atomic mass is 9.98. The Balaban J connectivity index is 1.46. The van der Waals surface area contributed by atoms with Crippen LogP contribution in [0.5, 0.6) is 0 Å². The van der Waals surface area contributed by atoms with Crippen LogP contribution in [0.4, 0.5) is 5.69 Å². The number of benzene rings is 6. The third kappa shape index (κ3) is 5.50. The van der Waals surface area contributed by atoms with Gasteiger partial charge in [0.25, 0.3) is 0 Å². The van der Waals surface area contributed by atoms with Crippen molar-refractivity contribution in [1.82, 2.24) is 0 Å². The van der Waals surface area contributed by atoms with Gasteiger partial charge in [0.05, 0.1) is 12.3 Å². The van der Waals surface area contributed by atoms with Crippen molar-refractivity contribution < 1.29 is 0 Å². The minimum atomic E-state index is 0.510. The summed E-state index contributed by atoms with van der Waals surface area (Å²) in [7, 11) is 0. The van der Waals surface area contributed by atoms with Gasteiger partial charge in [-0.3, -0.25) is 4.99 Å². The van der Waals surface area contributed by atoms with Crippen LogP contribution in [0.25, 0.3) is 27.2 Å². The highest BCUT2D eigenvalue weighted by atomic mass is 14.9. The van der Waals surface area contributed by atoms with E-state index >= 15 is 0 Å². The van der Waals surface area contributed by atoms with Crippen molar-refractivity contribution in [1.29, 1.82) is 0 Å². The Morgan fingerprint density at radius 3 is 2.02 bits per heavy atom. The zero-order chi connectivity index (χ0) is 27.1. The molecule has 0 aliphatic carbocycles. The number of anilines is 1. The molecule has 3 heteroatoms. The van der Waals surface area contributed by atoms with E-state index in [1.54, 1.807) is 0 Å². The molecule has 0 atom stereocenters. The maximum absolute atomic E-state index is 6.65. The highest BCUT2D eigenvalue weighted by Crippen LogP contribution is 2.29. The van der Waals surface area contributed by atoms with Gasteiger partial charge in [-0.05, 0) is 44.8 Å². The van der Waals surface area contributed by atoms with Crippen molar-refractivity contribution in [2.45, 2.75) is 13.1 Å². The van der Waals surface area contributed by atoms with Gasteiger partial charge in [0.15, 0.2) is 0 Å². The van der Waals surface area contributed by atoms with E-state index in [4.69, 9.17) is 10.7 Å². The van der Waals surface area contributed by atoms with Crippen LogP contribution in [0.2, 0.25) is 0 Å². The molecule has 0 aliphatic rings. The van der Waals surface area contributed by atoms with Crippen molar-refractivity contribution in [3.8, 4) is 0 Å². The summed E-state index contributed by atoms with van der Waals surface area (Å²) in [5.74, 6) is 0. The minimum absolute atomic E-state index is 0.510. The third-order valence-electron chi connectivity index (χ3n) is 7.24. The summed E-state index contributed by atoms with van der Waals surface area (Å²) in [4.78, 5) is 5.27. The van der Waals surface area contributed by atoms with E-state index in [-0.39, 0.29) is 0 Å². The van der Waals surface area contributed by atoms with Gasteiger partial charge in [-0.1, -0.05) is 133 Å². The molecule has 0 fully saturated rings. The molecule has 40 heavy (non-hydrogen) atoms. The molecule has 0 unspecified atom stereocenters. The smallest absolute Gasteiger partial charge is 0.0677 e. The topological polar surface area (TPSA) is 50.4 Å². The van der Waals surface area contributed by atoms with E-state index in [1.807, 2.05) is 42.5 Å². The fourth-order valence-electron chi connectivity index (χ4n) is 5.15. The van der Waals surface area contributed by atoms with Gasteiger partial charge in [0, 0.05) is 29.1 Å². The van der Waals surface area contributed by atoms with Crippen LogP contribution in [0.1, 0.15) is 22.3 Å². The number of hydrogen-bond donors (Lipinski definition) is 2. The lowest BCUT2D eigenvalue weighted by molar-refractivity contribution is 1.06. The Labute approximate surface area is 235 Å². The van der Waals surface area contributed by atoms with Crippen LogP contribution < -0.4 is 11.1 Å². The van der Waals surface area contributed by atoms with Gasteiger partial charge in [-0.25, -0.2) is 0 Å². The van der Waals surface area contributed by atoms with Crippen molar-refractivity contribution >= 4 is 38.6 Å². The minimum Gasteiger partial charge on any atom is -0.398 e. The fraction of sp³-hybridized carbons (Fsp3) is 0.0541. The van der Waals surface area contributed by atoms with Crippen molar-refractivity contribution in [3.05, 3.63) is 168 Å². The van der Waals surface area contributed by atoms with Crippen molar-refractivity contribution in [3.63, 3.8) is 0 Å². The van der Waals surface area contributed by atoms with E-state index in [9.17, 15) is 0 Å². The second-order valence-corrected chi connectivity index (χ2v) is 9.85. The second kappa shape index (κ2) is 11.7. The fourth-order valence-corrected chi connectivity index (χ4v) is 5.15. The van der Waals surface area contributed by atoms with Crippen LogP contribution in [-0.4, -0.2) is 5.71 Å². The van der Waals surface area contributed by atoms with Gasteiger partial charge in [-0.2, -0.15) is 0 Å².